The van der Waals surface area contributed by atoms with Gasteiger partial charge in [-0.15, -0.1) is 0 Å². The van der Waals surface area contributed by atoms with Crippen LogP contribution in [0.4, 0.5) is 15.8 Å². The predicted octanol–water partition coefficient (Wildman–Crippen LogP) is 6.53. The van der Waals surface area contributed by atoms with E-state index in [9.17, 15) is 22.4 Å². The summed E-state index contributed by atoms with van der Waals surface area (Å²) in [6.45, 7) is 0. The molecule has 0 saturated carbocycles. The lowest BCUT2D eigenvalue weighted by molar-refractivity contribution is 0.102. The molecule has 1 amide bonds. The zero-order chi connectivity index (χ0) is 25.9. The van der Waals surface area contributed by atoms with Gasteiger partial charge in [0, 0.05) is 26.9 Å². The fraction of sp³-hybridized carbons (Fsp3) is 0. The first-order chi connectivity index (χ1) is 17.1. The number of hydrogen-bond acceptors (Lipinski definition) is 4. The highest BCUT2D eigenvalue weighted by atomic mass is 79.9. The first-order valence-electron chi connectivity index (χ1n) is 10.4. The van der Waals surface area contributed by atoms with Crippen LogP contribution in [0, 0.1) is 5.82 Å². The summed E-state index contributed by atoms with van der Waals surface area (Å²) in [6, 6.07) is 21.6. The van der Waals surface area contributed by atoms with Gasteiger partial charge in [0.05, 0.1) is 15.6 Å². The highest BCUT2D eigenvalue weighted by Crippen LogP contribution is 2.27. The van der Waals surface area contributed by atoms with Crippen molar-refractivity contribution in [2.45, 2.75) is 4.90 Å². The molecule has 10 heteroatoms. The fourth-order valence-corrected chi connectivity index (χ4v) is 4.98. The Kier molecular flexibility index (Phi) is 7.53. The van der Waals surface area contributed by atoms with E-state index in [1.807, 2.05) is 0 Å². The van der Waals surface area contributed by atoms with Gasteiger partial charge in [0.1, 0.15) is 5.82 Å². The molecule has 0 atom stereocenters. The Morgan fingerprint density at radius 2 is 1.56 bits per heavy atom. The van der Waals surface area contributed by atoms with Gasteiger partial charge in [0.25, 0.3) is 15.9 Å². The summed E-state index contributed by atoms with van der Waals surface area (Å²) in [4.78, 5) is 26.1. The summed E-state index contributed by atoms with van der Waals surface area (Å²) >= 11 is 9.53. The molecule has 2 N–H and O–H groups in total. The molecule has 0 spiro atoms. The topological polar surface area (TPSA) is 92.3 Å². The summed E-state index contributed by atoms with van der Waals surface area (Å²) < 4.78 is 41.4. The van der Waals surface area contributed by atoms with Gasteiger partial charge < -0.3 is 5.32 Å². The van der Waals surface area contributed by atoms with E-state index in [2.05, 4.69) is 26.0 Å². The minimum absolute atomic E-state index is 0.128. The molecule has 0 aromatic heterocycles. The largest absolute Gasteiger partial charge is 0.321 e. The van der Waals surface area contributed by atoms with E-state index in [1.54, 1.807) is 42.5 Å². The molecule has 36 heavy (non-hydrogen) atoms. The normalized spacial score (nSPS) is 11.1. The van der Waals surface area contributed by atoms with E-state index >= 15 is 0 Å². The molecule has 0 unspecified atom stereocenters. The average Bonchev–Trinajstić information content (AvgIpc) is 2.85. The molecule has 4 aromatic carbocycles. The maximum Gasteiger partial charge on any atom is 0.261 e. The van der Waals surface area contributed by atoms with Crippen LogP contribution >= 0.6 is 27.5 Å². The monoisotopic (exact) mass is 586 g/mol. The maximum absolute atomic E-state index is 13.2. The number of nitrogens with one attached hydrogen (secondary N) is 2. The molecule has 0 saturated heterocycles. The highest BCUT2D eigenvalue weighted by molar-refractivity contribution is 9.10. The standard InChI is InChI=1S/C26H17BrClFN2O4S/c27-17-8-13-24(22(15-17)25(32)21-6-1-2-7-23(21)28)30-26(33)16-4-3-5-19(14-16)31-36(34,35)20-11-9-18(29)10-12-20/h1-15,31H,(H,30,33). The minimum atomic E-state index is -4.00. The van der Waals surface area contributed by atoms with Crippen LogP contribution in [0.1, 0.15) is 26.3 Å². The SMILES string of the molecule is O=C(Nc1ccc(Br)cc1C(=O)c1ccccc1Cl)c1cccc(NS(=O)(=O)c2ccc(F)cc2)c1. The van der Waals surface area contributed by atoms with Gasteiger partial charge in [-0.2, -0.15) is 0 Å². The van der Waals surface area contributed by atoms with Crippen molar-refractivity contribution in [3.63, 3.8) is 0 Å². The lowest BCUT2D eigenvalue weighted by atomic mass is 10.0. The minimum Gasteiger partial charge on any atom is -0.321 e. The quantitative estimate of drug-likeness (QED) is 0.241. The number of rotatable bonds is 7. The molecule has 4 aromatic rings. The Hall–Kier alpha value is -3.53. The van der Waals surface area contributed by atoms with E-state index in [0.29, 0.717) is 4.47 Å². The van der Waals surface area contributed by atoms with Gasteiger partial charge in [0.15, 0.2) is 5.78 Å². The van der Waals surface area contributed by atoms with Gasteiger partial charge in [-0.3, -0.25) is 14.3 Å². The third-order valence-corrected chi connectivity index (χ3v) is 7.31. The van der Waals surface area contributed by atoms with Gasteiger partial charge >= 0.3 is 0 Å². The molecule has 6 nitrogen and oxygen atoms in total. The Morgan fingerprint density at radius 3 is 2.28 bits per heavy atom. The number of carbonyl (C=O) groups is 2. The molecule has 0 aliphatic carbocycles. The first kappa shape index (κ1) is 25.6. The summed E-state index contributed by atoms with van der Waals surface area (Å²) in [5, 5.41) is 2.99. The van der Waals surface area contributed by atoms with E-state index in [-0.39, 0.29) is 43.8 Å². The fourth-order valence-electron chi connectivity index (χ4n) is 3.35. The van der Waals surface area contributed by atoms with Crippen molar-refractivity contribution in [1.82, 2.24) is 0 Å². The second kappa shape index (κ2) is 10.6. The van der Waals surface area contributed by atoms with Crippen LogP contribution in [-0.2, 0) is 10.0 Å². The van der Waals surface area contributed by atoms with Crippen molar-refractivity contribution in [1.29, 1.82) is 0 Å². The molecule has 0 aliphatic heterocycles. The van der Waals surface area contributed by atoms with Crippen molar-refractivity contribution < 1.29 is 22.4 Å². The molecule has 0 aliphatic rings. The Labute approximate surface area is 220 Å². The van der Waals surface area contributed by atoms with Gasteiger partial charge in [-0.25, -0.2) is 12.8 Å². The van der Waals surface area contributed by atoms with Crippen molar-refractivity contribution in [3.05, 3.63) is 123 Å². The van der Waals surface area contributed by atoms with E-state index in [1.165, 1.54) is 24.3 Å². The van der Waals surface area contributed by atoms with Gasteiger partial charge in [-0.05, 0) is 72.8 Å². The van der Waals surface area contributed by atoms with E-state index < -0.39 is 21.7 Å². The first-order valence-corrected chi connectivity index (χ1v) is 13.1. The predicted molar refractivity (Wildman–Crippen MR) is 141 cm³/mol. The molecule has 182 valence electrons. The molecular formula is C26H17BrClFN2O4S. The zero-order valence-corrected chi connectivity index (χ0v) is 21.5. The third kappa shape index (κ3) is 5.81. The summed E-state index contributed by atoms with van der Waals surface area (Å²) in [5.74, 6) is -1.50. The van der Waals surface area contributed by atoms with Crippen LogP contribution in [0.15, 0.2) is 100 Å². The van der Waals surface area contributed by atoms with Crippen LogP contribution in [0.3, 0.4) is 0 Å². The number of hydrogen-bond donors (Lipinski definition) is 2. The Morgan fingerprint density at radius 1 is 0.833 bits per heavy atom. The van der Waals surface area contributed by atoms with Crippen LogP contribution < -0.4 is 10.0 Å². The molecule has 0 radical (unpaired) electrons. The molecular weight excluding hydrogens is 571 g/mol. The van der Waals surface area contributed by atoms with Gasteiger partial charge in [0.2, 0.25) is 0 Å². The van der Waals surface area contributed by atoms with Crippen molar-refractivity contribution >= 4 is 60.6 Å². The Balaban J connectivity index is 1.59. The zero-order valence-electron chi connectivity index (χ0n) is 18.3. The number of benzene rings is 4. The maximum atomic E-state index is 13.2. The van der Waals surface area contributed by atoms with Crippen LogP contribution in [0.5, 0.6) is 0 Å². The molecule has 0 bridgehead atoms. The lowest BCUT2D eigenvalue weighted by Gasteiger charge is -2.13. The average molecular weight is 588 g/mol. The van der Waals surface area contributed by atoms with Gasteiger partial charge in [-0.1, -0.05) is 45.7 Å². The number of halogens is 3. The number of anilines is 2. The second-order valence-corrected chi connectivity index (χ2v) is 10.6. The number of ketones is 1. The molecule has 4 rings (SSSR count). The highest BCUT2D eigenvalue weighted by Gasteiger charge is 2.20. The number of carbonyl (C=O) groups excluding carboxylic acids is 2. The lowest BCUT2D eigenvalue weighted by Crippen LogP contribution is -2.17. The summed E-state index contributed by atoms with van der Waals surface area (Å²) in [5.41, 5.74) is 1.04. The summed E-state index contributed by atoms with van der Waals surface area (Å²) in [7, 11) is -4.00. The smallest absolute Gasteiger partial charge is 0.261 e. The van der Waals surface area contributed by atoms with Crippen molar-refractivity contribution in [3.8, 4) is 0 Å². The molecule has 0 fully saturated rings. The summed E-state index contributed by atoms with van der Waals surface area (Å²) in [6.07, 6.45) is 0. The van der Waals surface area contributed by atoms with Crippen molar-refractivity contribution in [2.24, 2.45) is 0 Å². The van der Waals surface area contributed by atoms with Crippen LogP contribution in [-0.4, -0.2) is 20.1 Å². The van der Waals surface area contributed by atoms with E-state index in [4.69, 9.17) is 11.6 Å². The Bertz CT molecular complexity index is 1580. The van der Waals surface area contributed by atoms with Crippen LogP contribution in [0.2, 0.25) is 5.02 Å². The number of sulfonamides is 1. The second-order valence-electron chi connectivity index (χ2n) is 7.59. The molecule has 0 heterocycles. The third-order valence-electron chi connectivity index (χ3n) is 5.09. The van der Waals surface area contributed by atoms with E-state index in [0.717, 1.165) is 24.3 Å². The number of amides is 1. The van der Waals surface area contributed by atoms with Crippen LogP contribution in [0.25, 0.3) is 0 Å². The van der Waals surface area contributed by atoms with Crippen molar-refractivity contribution in [2.75, 3.05) is 10.0 Å².